The number of hydrogen-bond acceptors (Lipinski definition) is 3. The van der Waals surface area contributed by atoms with E-state index < -0.39 is 0 Å². The molecular weight excluding hydrogens is 396 g/mol. The summed E-state index contributed by atoms with van der Waals surface area (Å²) in [5, 5.41) is 2.96. The van der Waals surface area contributed by atoms with E-state index >= 15 is 0 Å². The lowest BCUT2D eigenvalue weighted by atomic mass is 10.1. The van der Waals surface area contributed by atoms with Crippen LogP contribution in [0, 0.1) is 0 Å². The molecule has 4 nitrogen and oxygen atoms in total. The summed E-state index contributed by atoms with van der Waals surface area (Å²) in [6.45, 7) is 4.75. The molecule has 2 aromatic carbocycles. The molecule has 0 fully saturated rings. The molecule has 1 amide bonds. The van der Waals surface area contributed by atoms with E-state index in [0.717, 1.165) is 29.9 Å². The first kappa shape index (κ1) is 23.4. The lowest BCUT2D eigenvalue weighted by molar-refractivity contribution is -0.117. The highest BCUT2D eigenvalue weighted by molar-refractivity contribution is 5.97. The number of allylic oxidation sites excluding steroid dienone is 3. The minimum atomic E-state index is -0.149. The van der Waals surface area contributed by atoms with Crippen molar-refractivity contribution in [1.29, 1.82) is 0 Å². The van der Waals surface area contributed by atoms with Crippen LogP contribution in [0.2, 0.25) is 0 Å². The number of carbonyl (C=O) groups excluding carboxylic acids is 1. The molecule has 0 spiro atoms. The minimum absolute atomic E-state index is 0.149. The van der Waals surface area contributed by atoms with Gasteiger partial charge in [0.2, 0.25) is 0 Å². The van der Waals surface area contributed by atoms with Crippen molar-refractivity contribution in [3.05, 3.63) is 94.7 Å². The van der Waals surface area contributed by atoms with Crippen molar-refractivity contribution in [2.75, 3.05) is 0 Å². The van der Waals surface area contributed by atoms with Gasteiger partial charge in [0.25, 0.3) is 5.91 Å². The highest BCUT2D eigenvalue weighted by atomic mass is 16.5. The summed E-state index contributed by atoms with van der Waals surface area (Å²) >= 11 is 0. The van der Waals surface area contributed by atoms with E-state index in [1.54, 1.807) is 6.08 Å². The van der Waals surface area contributed by atoms with Gasteiger partial charge in [-0.25, -0.2) is 0 Å². The zero-order valence-corrected chi connectivity index (χ0v) is 19.2. The van der Waals surface area contributed by atoms with E-state index in [0.29, 0.717) is 24.2 Å². The van der Waals surface area contributed by atoms with Gasteiger partial charge in [0, 0.05) is 18.7 Å². The zero-order chi connectivity index (χ0) is 22.8. The summed E-state index contributed by atoms with van der Waals surface area (Å²) in [7, 11) is 0. The number of benzene rings is 2. The molecule has 3 N–H and O–H groups in total. The summed E-state index contributed by atoms with van der Waals surface area (Å²) in [5.41, 5.74) is 10.9. The van der Waals surface area contributed by atoms with Crippen molar-refractivity contribution >= 4 is 5.91 Å². The topological polar surface area (TPSA) is 64.3 Å². The molecule has 2 aromatic rings. The van der Waals surface area contributed by atoms with E-state index in [1.807, 2.05) is 48.6 Å². The maximum Gasteiger partial charge on any atom is 0.253 e. The monoisotopic (exact) mass is 430 g/mol. The quantitative estimate of drug-likeness (QED) is 0.433. The van der Waals surface area contributed by atoms with Gasteiger partial charge in [0.15, 0.2) is 0 Å². The second-order valence-electron chi connectivity index (χ2n) is 8.18. The third kappa shape index (κ3) is 6.88. The molecule has 0 radical (unpaired) electrons. The SMILES string of the molecule is CCCCCc1ccc(Oc2ccc(CNC(=O)C3=C(N)CC(CC)=CC=C3)cc2)cc1. The van der Waals surface area contributed by atoms with Gasteiger partial charge in [0.1, 0.15) is 11.5 Å². The molecule has 4 heteroatoms. The highest BCUT2D eigenvalue weighted by Gasteiger charge is 2.13. The first-order chi connectivity index (χ1) is 15.6. The Kier molecular flexibility index (Phi) is 8.73. The Morgan fingerprint density at radius 1 is 0.969 bits per heavy atom. The van der Waals surface area contributed by atoms with Crippen molar-refractivity contribution in [3.8, 4) is 11.5 Å². The van der Waals surface area contributed by atoms with Crippen LogP contribution < -0.4 is 15.8 Å². The number of carbonyl (C=O) groups is 1. The molecule has 0 saturated heterocycles. The molecule has 1 aliphatic rings. The molecule has 1 aliphatic carbocycles. The van der Waals surface area contributed by atoms with Crippen LogP contribution in [0.4, 0.5) is 0 Å². The van der Waals surface area contributed by atoms with E-state index in [2.05, 4.69) is 31.3 Å². The van der Waals surface area contributed by atoms with E-state index in [-0.39, 0.29) is 5.91 Å². The van der Waals surface area contributed by atoms with Crippen LogP contribution >= 0.6 is 0 Å². The number of aryl methyl sites for hydroxylation is 1. The second-order valence-corrected chi connectivity index (χ2v) is 8.18. The van der Waals surface area contributed by atoms with Gasteiger partial charge in [0.05, 0.1) is 5.57 Å². The Labute approximate surface area is 191 Å². The van der Waals surface area contributed by atoms with Crippen molar-refractivity contribution in [1.82, 2.24) is 5.32 Å². The van der Waals surface area contributed by atoms with Gasteiger partial charge in [-0.15, -0.1) is 0 Å². The van der Waals surface area contributed by atoms with Crippen molar-refractivity contribution in [2.45, 2.75) is 58.9 Å². The van der Waals surface area contributed by atoms with Gasteiger partial charge in [-0.05, 0) is 60.7 Å². The predicted octanol–water partition coefficient (Wildman–Crippen LogP) is 6.34. The third-order valence-corrected chi connectivity index (χ3v) is 5.66. The Morgan fingerprint density at radius 2 is 1.62 bits per heavy atom. The van der Waals surface area contributed by atoms with Crippen LogP contribution in [0.25, 0.3) is 0 Å². The molecule has 0 heterocycles. The summed E-state index contributed by atoms with van der Waals surface area (Å²) in [5.74, 6) is 1.45. The molecule has 32 heavy (non-hydrogen) atoms. The van der Waals surface area contributed by atoms with Gasteiger partial charge < -0.3 is 15.8 Å². The maximum absolute atomic E-state index is 12.6. The number of unbranched alkanes of at least 4 members (excludes halogenated alkanes) is 2. The fourth-order valence-corrected chi connectivity index (χ4v) is 3.64. The van der Waals surface area contributed by atoms with Gasteiger partial charge in [-0.2, -0.15) is 0 Å². The minimum Gasteiger partial charge on any atom is -0.457 e. The van der Waals surface area contributed by atoms with Crippen LogP contribution in [0.1, 0.15) is 57.1 Å². The Hall–Kier alpha value is -3.27. The molecular formula is C28H34N2O2. The fraction of sp³-hybridized carbons (Fsp3) is 0.321. The lowest BCUT2D eigenvalue weighted by Crippen LogP contribution is -2.26. The number of rotatable bonds is 10. The maximum atomic E-state index is 12.6. The molecule has 0 aromatic heterocycles. The van der Waals surface area contributed by atoms with Crippen LogP contribution in [-0.4, -0.2) is 5.91 Å². The predicted molar refractivity (Wildman–Crippen MR) is 131 cm³/mol. The van der Waals surface area contributed by atoms with Crippen molar-refractivity contribution in [2.24, 2.45) is 5.73 Å². The normalized spacial score (nSPS) is 13.5. The summed E-state index contributed by atoms with van der Waals surface area (Å²) in [4.78, 5) is 12.6. The average Bonchev–Trinajstić information content (AvgIpc) is 3.01. The molecule has 0 unspecified atom stereocenters. The fourth-order valence-electron chi connectivity index (χ4n) is 3.64. The largest absolute Gasteiger partial charge is 0.457 e. The molecule has 0 saturated carbocycles. The summed E-state index contributed by atoms with van der Waals surface area (Å²) in [6.07, 6.45) is 12.1. The Bertz CT molecular complexity index is 983. The molecule has 0 atom stereocenters. The second kappa shape index (κ2) is 11.9. The van der Waals surface area contributed by atoms with E-state index in [1.165, 1.54) is 30.4 Å². The smallest absolute Gasteiger partial charge is 0.253 e. The zero-order valence-electron chi connectivity index (χ0n) is 19.2. The van der Waals surface area contributed by atoms with E-state index in [4.69, 9.17) is 10.5 Å². The van der Waals surface area contributed by atoms with Crippen LogP contribution in [-0.2, 0) is 17.8 Å². The van der Waals surface area contributed by atoms with Gasteiger partial charge >= 0.3 is 0 Å². The number of ether oxygens (including phenoxy) is 1. The highest BCUT2D eigenvalue weighted by Crippen LogP contribution is 2.23. The number of nitrogens with one attached hydrogen (secondary N) is 1. The number of nitrogens with two attached hydrogens (primary N) is 1. The lowest BCUT2D eigenvalue weighted by Gasteiger charge is -2.11. The molecule has 3 rings (SSSR count). The van der Waals surface area contributed by atoms with Crippen molar-refractivity contribution in [3.63, 3.8) is 0 Å². The van der Waals surface area contributed by atoms with Crippen LogP contribution in [0.5, 0.6) is 11.5 Å². The Balaban J connectivity index is 1.51. The molecule has 168 valence electrons. The standard InChI is InChI=1S/C28H34N2O2/c1-3-5-6-8-22-11-15-24(16-12-22)32-25-17-13-23(14-18-25)20-30-28(31)26-10-7-9-21(4-2)19-27(26)29/h7,9-18H,3-6,8,19-20,29H2,1-2H3,(H,30,31). The summed E-state index contributed by atoms with van der Waals surface area (Å²) < 4.78 is 5.96. The van der Waals surface area contributed by atoms with Gasteiger partial charge in [-0.1, -0.05) is 68.7 Å². The van der Waals surface area contributed by atoms with Crippen LogP contribution in [0.15, 0.2) is 83.6 Å². The first-order valence-electron chi connectivity index (χ1n) is 11.6. The third-order valence-electron chi connectivity index (χ3n) is 5.66. The van der Waals surface area contributed by atoms with E-state index in [9.17, 15) is 4.79 Å². The average molecular weight is 431 g/mol. The van der Waals surface area contributed by atoms with Crippen LogP contribution in [0.3, 0.4) is 0 Å². The molecule has 0 bridgehead atoms. The Morgan fingerprint density at radius 3 is 2.25 bits per heavy atom. The van der Waals surface area contributed by atoms with Crippen molar-refractivity contribution < 1.29 is 9.53 Å². The molecule has 0 aliphatic heterocycles. The number of amides is 1. The summed E-state index contributed by atoms with van der Waals surface area (Å²) in [6, 6.07) is 16.1. The number of hydrogen-bond donors (Lipinski definition) is 2. The van der Waals surface area contributed by atoms with Gasteiger partial charge in [-0.3, -0.25) is 4.79 Å². The first-order valence-corrected chi connectivity index (χ1v) is 11.6.